The monoisotopic (exact) mass is 439 g/mol. The van der Waals surface area contributed by atoms with E-state index in [-0.39, 0.29) is 0 Å². The van der Waals surface area contributed by atoms with Gasteiger partial charge in [0.1, 0.15) is 5.82 Å². The highest BCUT2D eigenvalue weighted by molar-refractivity contribution is 6.36. The highest BCUT2D eigenvalue weighted by Crippen LogP contribution is 2.34. The molecule has 3 aromatic rings. The third-order valence-electron chi connectivity index (χ3n) is 6.08. The number of carbonyl (C=O) groups excluding carboxylic acids is 1. The van der Waals surface area contributed by atoms with Gasteiger partial charge in [0.2, 0.25) is 5.91 Å². The first-order valence-electron chi connectivity index (χ1n) is 10.4. The van der Waals surface area contributed by atoms with Crippen LogP contribution in [0.5, 0.6) is 0 Å². The second-order valence-corrected chi connectivity index (χ2v) is 9.16. The number of hydrogen-bond acceptors (Lipinski definition) is 2. The second kappa shape index (κ2) is 8.09. The van der Waals surface area contributed by atoms with E-state index in [0.29, 0.717) is 27.8 Å². The summed E-state index contributed by atoms with van der Waals surface area (Å²) in [6.07, 6.45) is 7.09. The van der Waals surface area contributed by atoms with Gasteiger partial charge in [-0.05, 0) is 42.9 Å². The van der Waals surface area contributed by atoms with Crippen molar-refractivity contribution in [3.63, 3.8) is 0 Å². The standard InChI is InChI=1S/C24H23Cl2N3O/c25-20-7-8-21(22(26)13-20)17-1-3-18(4-2-17)23-27-10-12-28(23)14-16-9-11-29(15-16)24(30)19-5-6-19/h1-4,7-8,10,12-13,16,19H,5-6,9,11,14-15H2. The van der Waals surface area contributed by atoms with Crippen molar-refractivity contribution in [3.8, 4) is 22.5 Å². The Kier molecular flexibility index (Phi) is 5.30. The summed E-state index contributed by atoms with van der Waals surface area (Å²) in [5, 5.41) is 1.27. The molecule has 1 aliphatic carbocycles. The van der Waals surface area contributed by atoms with Gasteiger partial charge in [0, 0.05) is 59.1 Å². The number of aromatic nitrogens is 2. The van der Waals surface area contributed by atoms with Crippen LogP contribution in [0, 0.1) is 11.8 Å². The number of imidazole rings is 1. The SMILES string of the molecule is O=C(C1CC1)N1CCC(Cn2ccnc2-c2ccc(-c3ccc(Cl)cc3Cl)cc2)C1. The van der Waals surface area contributed by atoms with Crippen LogP contribution in [-0.2, 0) is 11.3 Å². The molecule has 0 spiro atoms. The van der Waals surface area contributed by atoms with E-state index in [1.165, 1.54) is 0 Å². The van der Waals surface area contributed by atoms with Crippen LogP contribution in [0.15, 0.2) is 54.9 Å². The summed E-state index contributed by atoms with van der Waals surface area (Å²) >= 11 is 12.4. The normalized spacial score (nSPS) is 18.7. The lowest BCUT2D eigenvalue weighted by atomic mass is 10.0. The van der Waals surface area contributed by atoms with Crippen LogP contribution in [0.4, 0.5) is 0 Å². The highest BCUT2D eigenvalue weighted by atomic mass is 35.5. The lowest BCUT2D eigenvalue weighted by Crippen LogP contribution is -2.30. The Morgan fingerprint density at radius 1 is 1.03 bits per heavy atom. The van der Waals surface area contributed by atoms with Crippen LogP contribution in [0.3, 0.4) is 0 Å². The van der Waals surface area contributed by atoms with Crippen LogP contribution in [0.25, 0.3) is 22.5 Å². The number of benzene rings is 2. The molecule has 154 valence electrons. The van der Waals surface area contributed by atoms with Crippen molar-refractivity contribution >= 4 is 29.1 Å². The van der Waals surface area contributed by atoms with Crippen molar-refractivity contribution in [2.75, 3.05) is 13.1 Å². The zero-order chi connectivity index (χ0) is 20.7. The Labute approximate surface area is 186 Å². The largest absolute Gasteiger partial charge is 0.342 e. The van der Waals surface area contributed by atoms with Gasteiger partial charge in [0.25, 0.3) is 0 Å². The van der Waals surface area contributed by atoms with Gasteiger partial charge in [-0.1, -0.05) is 53.5 Å². The number of rotatable bonds is 5. The number of nitrogens with zero attached hydrogens (tertiary/aromatic N) is 3. The molecule has 2 heterocycles. The number of hydrogen-bond donors (Lipinski definition) is 0. The van der Waals surface area contributed by atoms with Crippen molar-refractivity contribution in [1.82, 2.24) is 14.5 Å². The zero-order valence-electron chi connectivity index (χ0n) is 16.6. The van der Waals surface area contributed by atoms with Crippen molar-refractivity contribution in [3.05, 3.63) is 64.9 Å². The summed E-state index contributed by atoms with van der Waals surface area (Å²) in [5.74, 6) is 2.10. The van der Waals surface area contributed by atoms with E-state index >= 15 is 0 Å². The first-order chi connectivity index (χ1) is 14.6. The van der Waals surface area contributed by atoms with Gasteiger partial charge in [-0.15, -0.1) is 0 Å². The van der Waals surface area contributed by atoms with E-state index in [2.05, 4.69) is 38.7 Å². The summed E-state index contributed by atoms with van der Waals surface area (Å²) in [6.45, 7) is 2.63. The molecule has 1 amide bonds. The first kappa shape index (κ1) is 19.7. The van der Waals surface area contributed by atoms with Gasteiger partial charge in [0.05, 0.1) is 0 Å². The quantitative estimate of drug-likeness (QED) is 0.504. The van der Waals surface area contributed by atoms with Crippen molar-refractivity contribution in [2.24, 2.45) is 11.8 Å². The summed E-state index contributed by atoms with van der Waals surface area (Å²) in [5.41, 5.74) is 3.07. The fraction of sp³-hybridized carbons (Fsp3) is 0.333. The summed E-state index contributed by atoms with van der Waals surface area (Å²) < 4.78 is 2.21. The molecule has 4 nitrogen and oxygen atoms in total. The molecule has 1 aliphatic heterocycles. The fourth-order valence-electron chi connectivity index (χ4n) is 4.29. The van der Waals surface area contributed by atoms with Crippen LogP contribution in [-0.4, -0.2) is 33.4 Å². The molecule has 0 bridgehead atoms. The molecule has 1 aromatic heterocycles. The molecule has 30 heavy (non-hydrogen) atoms. The van der Waals surface area contributed by atoms with Gasteiger partial charge >= 0.3 is 0 Å². The van der Waals surface area contributed by atoms with E-state index in [4.69, 9.17) is 23.2 Å². The van der Waals surface area contributed by atoms with E-state index in [1.807, 2.05) is 24.5 Å². The molecule has 0 radical (unpaired) electrons. The lowest BCUT2D eigenvalue weighted by molar-refractivity contribution is -0.131. The number of carbonyl (C=O) groups is 1. The van der Waals surface area contributed by atoms with Gasteiger partial charge in [0.15, 0.2) is 0 Å². The molecule has 2 aromatic carbocycles. The maximum Gasteiger partial charge on any atom is 0.225 e. The van der Waals surface area contributed by atoms with Crippen LogP contribution < -0.4 is 0 Å². The molecule has 6 heteroatoms. The highest BCUT2D eigenvalue weighted by Gasteiger charge is 2.36. The Bertz CT molecular complexity index is 1070. The predicted octanol–water partition coefficient (Wildman–Crippen LogP) is 5.78. The Hall–Kier alpha value is -2.30. The minimum Gasteiger partial charge on any atom is -0.342 e. The molecule has 1 saturated heterocycles. The topological polar surface area (TPSA) is 38.1 Å². The molecule has 1 saturated carbocycles. The van der Waals surface area contributed by atoms with Crippen LogP contribution >= 0.6 is 23.2 Å². The smallest absolute Gasteiger partial charge is 0.225 e. The number of likely N-dealkylation sites (tertiary alicyclic amines) is 1. The molecule has 1 atom stereocenters. The van der Waals surface area contributed by atoms with Crippen molar-refractivity contribution in [1.29, 1.82) is 0 Å². The Balaban J connectivity index is 1.30. The number of halogens is 2. The maximum atomic E-state index is 12.3. The molecule has 0 N–H and O–H groups in total. The van der Waals surface area contributed by atoms with Gasteiger partial charge < -0.3 is 9.47 Å². The Morgan fingerprint density at radius 2 is 1.80 bits per heavy atom. The van der Waals surface area contributed by atoms with Crippen molar-refractivity contribution in [2.45, 2.75) is 25.8 Å². The summed E-state index contributed by atoms with van der Waals surface area (Å²) in [6, 6.07) is 13.8. The third-order valence-corrected chi connectivity index (χ3v) is 6.63. The predicted molar refractivity (Wildman–Crippen MR) is 121 cm³/mol. The van der Waals surface area contributed by atoms with E-state index in [0.717, 1.165) is 61.4 Å². The minimum absolute atomic E-state index is 0.306. The lowest BCUT2D eigenvalue weighted by Gasteiger charge is -2.17. The van der Waals surface area contributed by atoms with Gasteiger partial charge in [-0.2, -0.15) is 0 Å². The van der Waals surface area contributed by atoms with E-state index < -0.39 is 0 Å². The molecule has 1 unspecified atom stereocenters. The van der Waals surface area contributed by atoms with Crippen LogP contribution in [0.2, 0.25) is 10.0 Å². The molecule has 2 fully saturated rings. The fourth-order valence-corrected chi connectivity index (χ4v) is 4.81. The van der Waals surface area contributed by atoms with Crippen LogP contribution in [0.1, 0.15) is 19.3 Å². The summed E-state index contributed by atoms with van der Waals surface area (Å²) in [7, 11) is 0. The average Bonchev–Trinajstić information content (AvgIpc) is 3.32. The molecular formula is C24H23Cl2N3O. The first-order valence-corrected chi connectivity index (χ1v) is 11.2. The second-order valence-electron chi connectivity index (χ2n) is 8.32. The van der Waals surface area contributed by atoms with Gasteiger partial charge in [-0.25, -0.2) is 4.98 Å². The van der Waals surface area contributed by atoms with Gasteiger partial charge in [-0.3, -0.25) is 4.79 Å². The minimum atomic E-state index is 0.306. The molecular weight excluding hydrogens is 417 g/mol. The third kappa shape index (κ3) is 3.99. The molecule has 5 rings (SSSR count). The number of amides is 1. The Morgan fingerprint density at radius 3 is 2.53 bits per heavy atom. The van der Waals surface area contributed by atoms with E-state index in [9.17, 15) is 4.79 Å². The zero-order valence-corrected chi connectivity index (χ0v) is 18.1. The average molecular weight is 440 g/mol. The van der Waals surface area contributed by atoms with E-state index in [1.54, 1.807) is 6.07 Å². The maximum absolute atomic E-state index is 12.3. The van der Waals surface area contributed by atoms with Crippen molar-refractivity contribution < 1.29 is 4.79 Å². The molecule has 2 aliphatic rings. The summed E-state index contributed by atoms with van der Waals surface area (Å²) in [4.78, 5) is 19.0.